The first-order valence-corrected chi connectivity index (χ1v) is 6.62. The fourth-order valence-electron chi connectivity index (χ4n) is 1.34. The molecule has 0 radical (unpaired) electrons. The molecule has 18 heavy (non-hydrogen) atoms. The van der Waals surface area contributed by atoms with Crippen LogP contribution in [-0.4, -0.2) is 10.7 Å². The third-order valence-electron chi connectivity index (χ3n) is 1.99. The molecule has 0 fully saturated rings. The molecule has 0 bridgehead atoms. The maximum atomic E-state index is 5.59. The van der Waals surface area contributed by atoms with Crippen molar-refractivity contribution in [2.45, 2.75) is 47.5 Å². The van der Waals surface area contributed by atoms with Crippen molar-refractivity contribution in [1.29, 1.82) is 0 Å². The van der Waals surface area contributed by atoms with Crippen molar-refractivity contribution < 1.29 is 0 Å². The summed E-state index contributed by atoms with van der Waals surface area (Å²) >= 11 is 0. The molecule has 1 aliphatic rings. The predicted octanol–water partition coefficient (Wildman–Crippen LogP) is 4.31. The number of hydrogen-bond acceptors (Lipinski definition) is 3. The van der Waals surface area contributed by atoms with Crippen LogP contribution in [0.3, 0.4) is 0 Å². The lowest BCUT2D eigenvalue weighted by atomic mass is 10.1. The largest absolute Gasteiger partial charge is 0.384 e. The van der Waals surface area contributed by atoms with Crippen LogP contribution in [0.25, 0.3) is 5.57 Å². The van der Waals surface area contributed by atoms with Gasteiger partial charge in [-0.15, -0.1) is 0 Å². The Kier molecular flexibility index (Phi) is 8.54. The Morgan fingerprint density at radius 2 is 1.83 bits per heavy atom. The average Bonchev–Trinajstić information content (AvgIpc) is 2.80. The van der Waals surface area contributed by atoms with Crippen LogP contribution in [0.1, 0.15) is 53.2 Å². The lowest BCUT2D eigenvalue weighted by molar-refractivity contribution is 1.09. The topological polar surface area (TPSA) is 51.3 Å². The number of pyridine rings is 1. The fourth-order valence-corrected chi connectivity index (χ4v) is 1.34. The summed E-state index contributed by atoms with van der Waals surface area (Å²) in [6.07, 6.45) is 3.99. The molecule has 0 amide bonds. The number of hydrogen-bond donors (Lipinski definition) is 1. The summed E-state index contributed by atoms with van der Waals surface area (Å²) < 4.78 is 0. The average molecular weight is 247 g/mol. The van der Waals surface area contributed by atoms with Crippen LogP contribution in [-0.2, 0) is 0 Å². The molecule has 0 aliphatic carbocycles. The standard InChI is InChI=1S/C10H11N3.C3H8.C2H6/c1-7-5-8(6-12-7)9-3-2-4-10(11)13-9;1-3-2;1-2/h2-4,6H,5H2,1H3,(H2,11,13);3H2,1-2H3;1-2H3. The maximum absolute atomic E-state index is 5.59. The molecule has 0 saturated carbocycles. The molecule has 3 nitrogen and oxygen atoms in total. The van der Waals surface area contributed by atoms with E-state index in [0.29, 0.717) is 5.82 Å². The molecule has 0 spiro atoms. The molecule has 2 rings (SSSR count). The first-order chi connectivity index (χ1) is 8.67. The van der Waals surface area contributed by atoms with Gasteiger partial charge in [0.1, 0.15) is 5.82 Å². The maximum Gasteiger partial charge on any atom is 0.124 e. The van der Waals surface area contributed by atoms with Crippen LogP contribution >= 0.6 is 0 Å². The van der Waals surface area contributed by atoms with Crippen molar-refractivity contribution in [3.05, 3.63) is 30.1 Å². The SMILES string of the molecule is CC.CC1=NC=C(c2cccc(N)n2)C1.CCC. The summed E-state index contributed by atoms with van der Waals surface area (Å²) in [5.41, 5.74) is 8.78. The smallest absolute Gasteiger partial charge is 0.124 e. The summed E-state index contributed by atoms with van der Waals surface area (Å²) in [6, 6.07) is 5.65. The Balaban J connectivity index is 0.000000509. The zero-order chi connectivity index (χ0) is 14.0. The molecule has 0 atom stereocenters. The van der Waals surface area contributed by atoms with Gasteiger partial charge in [-0.2, -0.15) is 0 Å². The highest BCUT2D eigenvalue weighted by atomic mass is 14.8. The van der Waals surface area contributed by atoms with Crippen LogP contribution in [0.2, 0.25) is 0 Å². The number of aromatic nitrogens is 1. The third-order valence-corrected chi connectivity index (χ3v) is 1.99. The Labute approximate surface area is 111 Å². The molecule has 3 heteroatoms. The van der Waals surface area contributed by atoms with E-state index in [9.17, 15) is 0 Å². The van der Waals surface area contributed by atoms with Crippen molar-refractivity contribution in [3.63, 3.8) is 0 Å². The summed E-state index contributed by atoms with van der Waals surface area (Å²) in [7, 11) is 0. The van der Waals surface area contributed by atoms with Gasteiger partial charge in [0.15, 0.2) is 0 Å². The van der Waals surface area contributed by atoms with E-state index in [-0.39, 0.29) is 0 Å². The van der Waals surface area contributed by atoms with Crippen LogP contribution in [0.15, 0.2) is 29.4 Å². The van der Waals surface area contributed by atoms with Gasteiger partial charge in [-0.1, -0.05) is 40.2 Å². The lowest BCUT2D eigenvalue weighted by Crippen LogP contribution is -1.95. The lowest BCUT2D eigenvalue weighted by Gasteiger charge is -2.01. The molecule has 0 saturated heterocycles. The summed E-state index contributed by atoms with van der Waals surface area (Å²) in [4.78, 5) is 8.42. The van der Waals surface area contributed by atoms with Gasteiger partial charge in [-0.05, 0) is 19.1 Å². The molecule has 0 unspecified atom stereocenters. The molecule has 0 aromatic carbocycles. The highest BCUT2D eigenvalue weighted by molar-refractivity contribution is 5.96. The van der Waals surface area contributed by atoms with Gasteiger partial charge in [0.25, 0.3) is 0 Å². The van der Waals surface area contributed by atoms with E-state index in [1.54, 1.807) is 6.07 Å². The number of rotatable bonds is 1. The van der Waals surface area contributed by atoms with Gasteiger partial charge < -0.3 is 5.73 Å². The number of nitrogen functional groups attached to an aromatic ring is 1. The van der Waals surface area contributed by atoms with E-state index in [1.165, 1.54) is 6.42 Å². The van der Waals surface area contributed by atoms with Crippen LogP contribution in [0.4, 0.5) is 5.82 Å². The highest BCUT2D eigenvalue weighted by Gasteiger charge is 2.09. The number of allylic oxidation sites excluding steroid dienone is 1. The van der Waals surface area contributed by atoms with Gasteiger partial charge in [0, 0.05) is 23.9 Å². The van der Waals surface area contributed by atoms with E-state index in [2.05, 4.69) is 23.8 Å². The molecule has 2 N–H and O–H groups in total. The summed E-state index contributed by atoms with van der Waals surface area (Å²) in [5.74, 6) is 0.558. The molecular formula is C15H25N3. The molecule has 100 valence electrons. The van der Waals surface area contributed by atoms with Crippen molar-refractivity contribution in [2.75, 3.05) is 5.73 Å². The number of aliphatic imine (C=N–C) groups is 1. The van der Waals surface area contributed by atoms with Crippen LogP contribution < -0.4 is 5.73 Å². The van der Waals surface area contributed by atoms with E-state index >= 15 is 0 Å². The van der Waals surface area contributed by atoms with Crippen molar-refractivity contribution in [3.8, 4) is 0 Å². The zero-order valence-corrected chi connectivity index (χ0v) is 12.2. The van der Waals surface area contributed by atoms with Crippen LogP contribution in [0, 0.1) is 0 Å². The predicted molar refractivity (Wildman–Crippen MR) is 81.7 cm³/mol. The quantitative estimate of drug-likeness (QED) is 0.803. The highest BCUT2D eigenvalue weighted by Crippen LogP contribution is 2.22. The minimum absolute atomic E-state index is 0.558. The van der Waals surface area contributed by atoms with Gasteiger partial charge in [0.05, 0.1) is 5.69 Å². The number of anilines is 1. The van der Waals surface area contributed by atoms with Gasteiger partial charge in [0.2, 0.25) is 0 Å². The Hall–Kier alpha value is -1.64. The van der Waals surface area contributed by atoms with Gasteiger partial charge in [-0.25, -0.2) is 4.98 Å². The van der Waals surface area contributed by atoms with Gasteiger partial charge >= 0.3 is 0 Å². The van der Waals surface area contributed by atoms with E-state index in [0.717, 1.165) is 23.4 Å². The molecular weight excluding hydrogens is 222 g/mol. The Bertz CT molecular complexity index is 406. The summed E-state index contributed by atoms with van der Waals surface area (Å²) in [6.45, 7) is 10.3. The van der Waals surface area contributed by atoms with E-state index in [4.69, 9.17) is 5.73 Å². The molecule has 1 aromatic heterocycles. The number of nitrogens with zero attached hydrogens (tertiary/aromatic N) is 2. The summed E-state index contributed by atoms with van der Waals surface area (Å²) in [5, 5.41) is 0. The first kappa shape index (κ1) is 16.4. The van der Waals surface area contributed by atoms with E-state index < -0.39 is 0 Å². The molecule has 1 aromatic rings. The van der Waals surface area contributed by atoms with E-state index in [1.807, 2.05) is 39.1 Å². The molecule has 2 heterocycles. The Morgan fingerprint density at radius 3 is 2.28 bits per heavy atom. The Morgan fingerprint density at radius 1 is 1.22 bits per heavy atom. The zero-order valence-electron chi connectivity index (χ0n) is 12.2. The van der Waals surface area contributed by atoms with Crippen LogP contribution in [0.5, 0.6) is 0 Å². The fraction of sp³-hybridized carbons (Fsp3) is 0.467. The molecule has 1 aliphatic heterocycles. The van der Waals surface area contributed by atoms with Crippen molar-refractivity contribution in [2.24, 2.45) is 4.99 Å². The normalized spacial score (nSPS) is 12.5. The second-order valence-electron chi connectivity index (χ2n) is 3.85. The van der Waals surface area contributed by atoms with Gasteiger partial charge in [-0.3, -0.25) is 4.99 Å². The van der Waals surface area contributed by atoms with Crippen molar-refractivity contribution >= 4 is 17.1 Å². The second kappa shape index (κ2) is 9.40. The van der Waals surface area contributed by atoms with Crippen molar-refractivity contribution in [1.82, 2.24) is 4.98 Å². The first-order valence-electron chi connectivity index (χ1n) is 6.62. The number of nitrogens with two attached hydrogens (primary N) is 1. The second-order valence-corrected chi connectivity index (χ2v) is 3.85. The third kappa shape index (κ3) is 5.62. The monoisotopic (exact) mass is 247 g/mol. The minimum Gasteiger partial charge on any atom is -0.384 e. The minimum atomic E-state index is 0.558.